The van der Waals surface area contributed by atoms with Crippen molar-refractivity contribution >= 4 is 18.9 Å². The van der Waals surface area contributed by atoms with E-state index in [1.165, 1.54) is 0 Å². The highest BCUT2D eigenvalue weighted by Gasteiger charge is 2.85. The normalized spacial score (nSPS) is 67.9. The number of carbonyl (C=O) groups excluding carboxylic acids is 1. The Bertz CT molecular complexity index is 296. The van der Waals surface area contributed by atoms with E-state index in [0.29, 0.717) is 0 Å². The highest BCUT2D eigenvalue weighted by atomic mass is 32.1. The van der Waals surface area contributed by atoms with Gasteiger partial charge in [-0.15, -0.1) is 0 Å². The van der Waals surface area contributed by atoms with Gasteiger partial charge >= 0.3 is 0 Å². The lowest BCUT2D eigenvalue weighted by atomic mass is 9.74. The van der Waals surface area contributed by atoms with Crippen LogP contribution in [0.3, 0.4) is 0 Å². The van der Waals surface area contributed by atoms with Gasteiger partial charge in [-0.2, -0.15) is 12.6 Å². The summed E-state index contributed by atoms with van der Waals surface area (Å²) in [7, 11) is 0. The molecule has 3 fully saturated rings. The van der Waals surface area contributed by atoms with Gasteiger partial charge in [-0.05, 0) is 20.3 Å². The van der Waals surface area contributed by atoms with Gasteiger partial charge < -0.3 is 9.47 Å². The van der Waals surface area contributed by atoms with Crippen LogP contribution in [0.25, 0.3) is 0 Å². The standard InChI is InChI=1S/C9H12O3S/c1-7(13)3-5-6(11-5)8(2)9(7,4-10)12-8/h4-6,13H,3H2,1-2H3. The van der Waals surface area contributed by atoms with E-state index in [4.69, 9.17) is 9.47 Å². The molecule has 0 spiro atoms. The summed E-state index contributed by atoms with van der Waals surface area (Å²) < 4.78 is 10.7. The Kier molecular flexibility index (Phi) is 1.16. The third-order valence-electron chi connectivity index (χ3n) is 3.76. The van der Waals surface area contributed by atoms with Crippen molar-refractivity contribution in [3.63, 3.8) is 0 Å². The minimum absolute atomic E-state index is 0.123. The molecule has 0 aromatic carbocycles. The number of hydrogen-bond acceptors (Lipinski definition) is 4. The molecule has 0 radical (unpaired) electrons. The number of fused-ring (bicyclic) bond motifs is 3. The van der Waals surface area contributed by atoms with E-state index in [1.54, 1.807) is 0 Å². The molecule has 2 heterocycles. The summed E-state index contributed by atoms with van der Waals surface area (Å²) >= 11 is 4.52. The molecule has 0 aromatic rings. The molecule has 0 amide bonds. The van der Waals surface area contributed by atoms with Crippen molar-refractivity contribution in [3.8, 4) is 0 Å². The molecule has 2 aliphatic heterocycles. The second-order valence-corrected chi connectivity index (χ2v) is 5.62. The SMILES string of the molecule is CC1(S)CC2OC2C2(C)OC12C=O. The maximum absolute atomic E-state index is 11.1. The van der Waals surface area contributed by atoms with Crippen molar-refractivity contribution in [1.29, 1.82) is 0 Å². The van der Waals surface area contributed by atoms with Gasteiger partial charge in [0.2, 0.25) is 0 Å². The van der Waals surface area contributed by atoms with Crippen LogP contribution in [0.1, 0.15) is 20.3 Å². The molecule has 3 aliphatic rings. The highest BCUT2D eigenvalue weighted by molar-refractivity contribution is 7.82. The van der Waals surface area contributed by atoms with Gasteiger partial charge in [0, 0.05) is 0 Å². The topological polar surface area (TPSA) is 42.1 Å². The van der Waals surface area contributed by atoms with E-state index in [1.807, 2.05) is 13.8 Å². The van der Waals surface area contributed by atoms with Crippen LogP contribution in [-0.4, -0.2) is 34.4 Å². The van der Waals surface area contributed by atoms with E-state index in [2.05, 4.69) is 12.6 Å². The lowest BCUT2D eigenvalue weighted by molar-refractivity contribution is -0.113. The summed E-state index contributed by atoms with van der Waals surface area (Å²) in [5, 5.41) is 0. The monoisotopic (exact) mass is 200 g/mol. The first-order chi connectivity index (χ1) is 5.97. The molecule has 1 aliphatic carbocycles. The van der Waals surface area contributed by atoms with Gasteiger partial charge in [0.05, 0.1) is 10.9 Å². The number of epoxide rings is 2. The second-order valence-electron chi connectivity index (χ2n) is 4.64. The molecule has 2 saturated heterocycles. The van der Waals surface area contributed by atoms with E-state index in [0.717, 1.165) is 12.7 Å². The van der Waals surface area contributed by atoms with Crippen LogP contribution in [0.15, 0.2) is 0 Å². The van der Waals surface area contributed by atoms with Crippen molar-refractivity contribution in [1.82, 2.24) is 0 Å². The first-order valence-electron chi connectivity index (χ1n) is 4.51. The molecule has 0 aromatic heterocycles. The molecular formula is C9H12O3S. The zero-order valence-corrected chi connectivity index (χ0v) is 8.51. The average Bonchev–Trinajstić information content (AvgIpc) is 2.84. The smallest absolute Gasteiger partial charge is 0.169 e. The first-order valence-corrected chi connectivity index (χ1v) is 4.96. The summed E-state index contributed by atoms with van der Waals surface area (Å²) in [4.78, 5) is 11.1. The van der Waals surface area contributed by atoms with Gasteiger partial charge in [0.1, 0.15) is 11.7 Å². The Labute approximate surface area is 82.2 Å². The Hall–Kier alpha value is -0.0600. The fourth-order valence-corrected chi connectivity index (χ4v) is 3.32. The molecule has 3 nitrogen and oxygen atoms in total. The molecule has 4 heteroatoms. The van der Waals surface area contributed by atoms with Crippen molar-refractivity contribution in [3.05, 3.63) is 0 Å². The summed E-state index contributed by atoms with van der Waals surface area (Å²) in [6.45, 7) is 3.90. The number of ether oxygens (including phenoxy) is 2. The Morgan fingerprint density at radius 3 is 2.85 bits per heavy atom. The molecule has 3 rings (SSSR count). The fourth-order valence-electron chi connectivity index (χ4n) is 2.82. The quantitative estimate of drug-likeness (QED) is 0.382. The lowest BCUT2D eigenvalue weighted by Crippen LogP contribution is -2.50. The van der Waals surface area contributed by atoms with Crippen molar-refractivity contribution in [2.45, 2.75) is 48.4 Å². The fraction of sp³-hybridized carbons (Fsp3) is 0.889. The summed E-state index contributed by atoms with van der Waals surface area (Å²) in [6.07, 6.45) is 2.08. The maximum Gasteiger partial charge on any atom is 0.169 e. The van der Waals surface area contributed by atoms with Gasteiger partial charge in [-0.3, -0.25) is 4.79 Å². The second kappa shape index (κ2) is 1.83. The Morgan fingerprint density at radius 2 is 2.23 bits per heavy atom. The number of aldehydes is 1. The highest BCUT2D eigenvalue weighted by Crippen LogP contribution is 2.67. The van der Waals surface area contributed by atoms with Crippen molar-refractivity contribution < 1.29 is 14.3 Å². The number of thiol groups is 1. The predicted octanol–water partition coefficient (Wildman–Crippen LogP) is 0.573. The van der Waals surface area contributed by atoms with Gasteiger partial charge in [-0.25, -0.2) is 0 Å². The number of rotatable bonds is 1. The molecule has 1 saturated carbocycles. The largest absolute Gasteiger partial charge is 0.366 e. The van der Waals surface area contributed by atoms with Crippen LogP contribution in [0.2, 0.25) is 0 Å². The van der Waals surface area contributed by atoms with E-state index < -0.39 is 11.2 Å². The van der Waals surface area contributed by atoms with Gasteiger partial charge in [0.15, 0.2) is 11.9 Å². The van der Waals surface area contributed by atoms with E-state index in [9.17, 15) is 4.79 Å². The van der Waals surface area contributed by atoms with Crippen molar-refractivity contribution in [2.75, 3.05) is 0 Å². The average molecular weight is 200 g/mol. The minimum Gasteiger partial charge on any atom is -0.366 e. The third-order valence-corrected chi connectivity index (χ3v) is 4.27. The molecule has 72 valence electrons. The van der Waals surface area contributed by atoms with Crippen LogP contribution in [0, 0.1) is 0 Å². The molecule has 0 N–H and O–H groups in total. The van der Waals surface area contributed by atoms with Crippen LogP contribution >= 0.6 is 12.6 Å². The van der Waals surface area contributed by atoms with Crippen LogP contribution in [0.5, 0.6) is 0 Å². The van der Waals surface area contributed by atoms with E-state index in [-0.39, 0.29) is 17.0 Å². The molecular weight excluding hydrogens is 188 g/mol. The molecule has 5 atom stereocenters. The minimum atomic E-state index is -0.708. The van der Waals surface area contributed by atoms with Gasteiger partial charge in [0.25, 0.3) is 0 Å². The summed E-state index contributed by atoms with van der Waals surface area (Å²) in [6, 6.07) is 0. The molecule has 13 heavy (non-hydrogen) atoms. The molecule has 5 unspecified atom stereocenters. The Morgan fingerprint density at radius 1 is 1.54 bits per heavy atom. The summed E-state index contributed by atoms with van der Waals surface area (Å²) in [5.41, 5.74) is -1.12. The van der Waals surface area contributed by atoms with Gasteiger partial charge in [-0.1, -0.05) is 0 Å². The summed E-state index contributed by atoms with van der Waals surface area (Å²) in [5.74, 6) is 0. The Balaban J connectivity index is 2.07. The maximum atomic E-state index is 11.1. The van der Waals surface area contributed by atoms with Crippen LogP contribution < -0.4 is 0 Å². The first kappa shape index (κ1) is 8.26. The number of carbonyl (C=O) groups is 1. The van der Waals surface area contributed by atoms with E-state index >= 15 is 0 Å². The predicted molar refractivity (Wildman–Crippen MR) is 49.0 cm³/mol. The number of hydrogen-bond donors (Lipinski definition) is 1. The third kappa shape index (κ3) is 0.671. The molecule has 0 bridgehead atoms. The van der Waals surface area contributed by atoms with Crippen LogP contribution in [-0.2, 0) is 14.3 Å². The zero-order valence-electron chi connectivity index (χ0n) is 7.61. The lowest BCUT2D eigenvalue weighted by Gasteiger charge is -2.31. The zero-order chi connectivity index (χ0) is 9.48. The van der Waals surface area contributed by atoms with Crippen molar-refractivity contribution in [2.24, 2.45) is 0 Å². The van der Waals surface area contributed by atoms with Crippen LogP contribution in [0.4, 0.5) is 0 Å².